The highest BCUT2D eigenvalue weighted by Gasteiger charge is 2.37. The first kappa shape index (κ1) is 12.0. The van der Waals surface area contributed by atoms with Crippen LogP contribution in [0.4, 0.5) is 0 Å². The van der Waals surface area contributed by atoms with Gasteiger partial charge in [-0.25, -0.2) is 0 Å². The van der Waals surface area contributed by atoms with Gasteiger partial charge in [0.1, 0.15) is 0 Å². The van der Waals surface area contributed by atoms with Crippen molar-refractivity contribution < 1.29 is 9.47 Å². The van der Waals surface area contributed by atoms with Gasteiger partial charge >= 0.3 is 0 Å². The van der Waals surface area contributed by atoms with Crippen LogP contribution >= 0.6 is 0 Å². The lowest BCUT2D eigenvalue weighted by Crippen LogP contribution is -2.46. The van der Waals surface area contributed by atoms with Crippen LogP contribution in [0.15, 0.2) is 0 Å². The van der Waals surface area contributed by atoms with Gasteiger partial charge in [-0.15, -0.1) is 0 Å². The molecule has 1 fully saturated rings. The zero-order chi connectivity index (χ0) is 10.3. The zero-order valence-corrected chi connectivity index (χ0v) is 9.68. The van der Waals surface area contributed by atoms with E-state index in [-0.39, 0.29) is 0 Å². The summed E-state index contributed by atoms with van der Waals surface area (Å²) in [5.41, 5.74) is 0.379. The lowest BCUT2D eigenvalue weighted by molar-refractivity contribution is -0.153. The lowest BCUT2D eigenvalue weighted by Gasteiger charge is -2.41. The molecule has 0 radical (unpaired) electrons. The Bertz CT molecular complexity index is 141. The monoisotopic (exact) mass is 200 g/mol. The van der Waals surface area contributed by atoms with Gasteiger partial charge in [0.05, 0.1) is 19.8 Å². The molecule has 0 unspecified atom stereocenters. The third-order valence-electron chi connectivity index (χ3n) is 2.93. The molecule has 0 atom stereocenters. The molecule has 0 aliphatic carbocycles. The van der Waals surface area contributed by atoms with Gasteiger partial charge in [-0.3, -0.25) is 0 Å². The smallest absolute Gasteiger partial charge is 0.0567 e. The summed E-state index contributed by atoms with van der Waals surface area (Å²) in [7, 11) is 0. The lowest BCUT2D eigenvalue weighted by atomic mass is 9.82. The fraction of sp³-hybridized carbons (Fsp3) is 1.00. The van der Waals surface area contributed by atoms with Gasteiger partial charge in [-0.1, -0.05) is 33.1 Å². The number of rotatable bonds is 8. The fourth-order valence-corrected chi connectivity index (χ4v) is 1.78. The summed E-state index contributed by atoms with van der Waals surface area (Å²) in [5, 5.41) is 0. The quantitative estimate of drug-likeness (QED) is 0.561. The van der Waals surface area contributed by atoms with Crippen molar-refractivity contribution in [1.29, 1.82) is 0 Å². The second-order valence-electron chi connectivity index (χ2n) is 4.50. The van der Waals surface area contributed by atoms with Gasteiger partial charge in [-0.2, -0.15) is 0 Å². The van der Waals surface area contributed by atoms with E-state index in [1.807, 2.05) is 0 Å². The molecule has 0 saturated carbocycles. The molecule has 0 aromatic heterocycles. The van der Waals surface area contributed by atoms with Crippen molar-refractivity contribution in [2.24, 2.45) is 5.41 Å². The number of unbranched alkanes of at least 4 members (excludes halogenated alkanes) is 2. The topological polar surface area (TPSA) is 18.5 Å². The summed E-state index contributed by atoms with van der Waals surface area (Å²) < 4.78 is 11.0. The Balaban J connectivity index is 2.10. The Labute approximate surface area is 88.0 Å². The van der Waals surface area contributed by atoms with Crippen molar-refractivity contribution in [2.45, 2.75) is 46.0 Å². The van der Waals surface area contributed by atoms with E-state index < -0.39 is 0 Å². The molecule has 0 N–H and O–H groups in total. The highest BCUT2D eigenvalue weighted by molar-refractivity contribution is 4.85. The summed E-state index contributed by atoms with van der Waals surface area (Å²) in [5.74, 6) is 0. The number of hydrogen-bond donors (Lipinski definition) is 0. The normalized spacial score (nSPS) is 19.3. The minimum atomic E-state index is 0.379. The van der Waals surface area contributed by atoms with Crippen molar-refractivity contribution >= 4 is 0 Å². The first-order valence-electron chi connectivity index (χ1n) is 5.98. The van der Waals surface area contributed by atoms with Crippen LogP contribution in [0.3, 0.4) is 0 Å². The van der Waals surface area contributed by atoms with Crippen molar-refractivity contribution in [1.82, 2.24) is 0 Å². The van der Waals surface area contributed by atoms with Crippen LogP contribution in [0, 0.1) is 5.41 Å². The van der Waals surface area contributed by atoms with Gasteiger partial charge in [0.15, 0.2) is 0 Å². The van der Waals surface area contributed by atoms with Gasteiger partial charge in [0.2, 0.25) is 0 Å². The molecule has 1 heterocycles. The molecular formula is C12H24O2. The van der Waals surface area contributed by atoms with Crippen molar-refractivity contribution in [2.75, 3.05) is 26.4 Å². The number of hydrogen-bond acceptors (Lipinski definition) is 2. The van der Waals surface area contributed by atoms with Crippen molar-refractivity contribution in [3.8, 4) is 0 Å². The van der Waals surface area contributed by atoms with E-state index >= 15 is 0 Å². The standard InChI is InChI=1S/C12H24O2/c1-3-5-7-12(10-14-11-12)9-13-8-6-4-2/h3-11H2,1-2H3. The molecule has 2 heteroatoms. The molecule has 0 amide bonds. The third kappa shape index (κ3) is 3.58. The minimum Gasteiger partial charge on any atom is -0.381 e. The zero-order valence-electron chi connectivity index (χ0n) is 9.68. The first-order valence-corrected chi connectivity index (χ1v) is 5.98. The van der Waals surface area contributed by atoms with Gasteiger partial charge in [0, 0.05) is 12.0 Å². The Morgan fingerprint density at radius 3 is 2.36 bits per heavy atom. The summed E-state index contributed by atoms with van der Waals surface area (Å²) in [4.78, 5) is 0. The molecule has 2 nitrogen and oxygen atoms in total. The summed E-state index contributed by atoms with van der Waals surface area (Å²) in [6.07, 6.45) is 6.26. The molecule has 0 aromatic rings. The molecule has 0 bridgehead atoms. The predicted octanol–water partition coefficient (Wildman–Crippen LogP) is 3.01. The Kier molecular flexibility index (Phi) is 5.49. The van der Waals surface area contributed by atoms with Gasteiger partial charge in [0.25, 0.3) is 0 Å². The van der Waals surface area contributed by atoms with Crippen LogP contribution in [-0.2, 0) is 9.47 Å². The van der Waals surface area contributed by atoms with E-state index in [0.29, 0.717) is 5.41 Å². The van der Waals surface area contributed by atoms with E-state index in [1.54, 1.807) is 0 Å². The second kappa shape index (κ2) is 6.41. The van der Waals surface area contributed by atoms with Crippen LogP contribution in [0.1, 0.15) is 46.0 Å². The summed E-state index contributed by atoms with van der Waals surface area (Å²) in [6, 6.07) is 0. The van der Waals surface area contributed by atoms with Gasteiger partial charge in [-0.05, 0) is 12.8 Å². The SMILES string of the molecule is CCCCOCC1(CCCC)COC1. The summed E-state index contributed by atoms with van der Waals surface area (Å²) in [6.45, 7) is 8.10. The van der Waals surface area contributed by atoms with Gasteiger partial charge < -0.3 is 9.47 Å². The maximum atomic E-state index is 5.70. The average molecular weight is 200 g/mol. The first-order chi connectivity index (χ1) is 6.83. The second-order valence-corrected chi connectivity index (χ2v) is 4.50. The van der Waals surface area contributed by atoms with Crippen LogP contribution in [0.5, 0.6) is 0 Å². The maximum Gasteiger partial charge on any atom is 0.0567 e. The van der Waals surface area contributed by atoms with Crippen molar-refractivity contribution in [3.63, 3.8) is 0 Å². The van der Waals surface area contributed by atoms with E-state index in [0.717, 1.165) is 26.4 Å². The highest BCUT2D eigenvalue weighted by atomic mass is 16.5. The molecular weight excluding hydrogens is 176 g/mol. The number of ether oxygens (including phenoxy) is 2. The van der Waals surface area contributed by atoms with Crippen LogP contribution in [0.2, 0.25) is 0 Å². The third-order valence-corrected chi connectivity index (χ3v) is 2.93. The minimum absolute atomic E-state index is 0.379. The van der Waals surface area contributed by atoms with E-state index in [9.17, 15) is 0 Å². The molecule has 1 aliphatic rings. The predicted molar refractivity (Wildman–Crippen MR) is 58.5 cm³/mol. The van der Waals surface area contributed by atoms with Crippen LogP contribution in [0.25, 0.3) is 0 Å². The van der Waals surface area contributed by atoms with Crippen LogP contribution in [-0.4, -0.2) is 26.4 Å². The molecule has 0 aromatic carbocycles. The molecule has 14 heavy (non-hydrogen) atoms. The average Bonchev–Trinajstić information content (AvgIpc) is 2.15. The summed E-state index contributed by atoms with van der Waals surface area (Å²) >= 11 is 0. The fourth-order valence-electron chi connectivity index (χ4n) is 1.78. The molecule has 1 rings (SSSR count). The molecule has 84 valence electrons. The molecule has 1 aliphatic heterocycles. The largest absolute Gasteiger partial charge is 0.381 e. The maximum absolute atomic E-state index is 5.70. The molecule has 0 spiro atoms. The Morgan fingerprint density at radius 2 is 1.86 bits per heavy atom. The van der Waals surface area contributed by atoms with E-state index in [1.165, 1.54) is 32.1 Å². The van der Waals surface area contributed by atoms with E-state index in [4.69, 9.17) is 9.47 Å². The van der Waals surface area contributed by atoms with Crippen molar-refractivity contribution in [3.05, 3.63) is 0 Å². The van der Waals surface area contributed by atoms with E-state index in [2.05, 4.69) is 13.8 Å². The Hall–Kier alpha value is -0.0800. The molecule has 1 saturated heterocycles. The van der Waals surface area contributed by atoms with Crippen LogP contribution < -0.4 is 0 Å². The highest BCUT2D eigenvalue weighted by Crippen LogP contribution is 2.33. The Morgan fingerprint density at radius 1 is 1.14 bits per heavy atom.